The van der Waals surface area contributed by atoms with Crippen molar-refractivity contribution in [2.45, 2.75) is 52.1 Å². The Balaban J connectivity index is 2.01. The number of allylic oxidation sites excluding steroid dienone is 8. The minimum atomic E-state index is -3.50. The maximum absolute atomic E-state index is 13.2. The van der Waals surface area contributed by atoms with Crippen LogP contribution in [-0.2, 0) is 19.6 Å². The van der Waals surface area contributed by atoms with Gasteiger partial charge in [0.05, 0.1) is 18.6 Å². The van der Waals surface area contributed by atoms with Crippen molar-refractivity contribution in [2.24, 2.45) is 0 Å². The van der Waals surface area contributed by atoms with E-state index in [0.29, 0.717) is 18.3 Å². The fraction of sp³-hybridized carbons (Fsp3) is 0.577. The fourth-order valence-electron chi connectivity index (χ4n) is 4.03. The highest BCUT2D eigenvalue weighted by atomic mass is 35.5. The first-order valence-electron chi connectivity index (χ1n) is 12.1. The molecule has 1 unspecified atom stereocenters. The zero-order valence-electron chi connectivity index (χ0n) is 21.6. The lowest BCUT2D eigenvalue weighted by Crippen LogP contribution is -2.57. The Kier molecular flexibility index (Phi) is 11.8. The maximum atomic E-state index is 13.2. The van der Waals surface area contributed by atoms with Crippen LogP contribution < -0.4 is 0 Å². The van der Waals surface area contributed by atoms with E-state index in [1.807, 2.05) is 23.1 Å². The van der Waals surface area contributed by atoms with Crippen LogP contribution >= 0.6 is 11.6 Å². The average Bonchev–Trinajstić information content (AvgIpc) is 3.03. The molecular formula is C26H40ClN3O4S. The highest BCUT2D eigenvalue weighted by molar-refractivity contribution is 7.89. The Morgan fingerprint density at radius 2 is 2.03 bits per heavy atom. The number of piperazine rings is 1. The second-order valence-corrected chi connectivity index (χ2v) is 11.8. The number of ether oxygens (including phenoxy) is 1. The van der Waals surface area contributed by atoms with Gasteiger partial charge in [-0.25, -0.2) is 12.7 Å². The van der Waals surface area contributed by atoms with E-state index in [0.717, 1.165) is 36.5 Å². The highest BCUT2D eigenvalue weighted by Crippen LogP contribution is 2.23. The van der Waals surface area contributed by atoms with Crippen molar-refractivity contribution in [2.75, 3.05) is 46.1 Å². The van der Waals surface area contributed by atoms with Gasteiger partial charge in [-0.15, -0.1) is 0 Å². The van der Waals surface area contributed by atoms with Crippen LogP contribution in [-0.4, -0.2) is 86.6 Å². The van der Waals surface area contributed by atoms with Gasteiger partial charge in [0.15, 0.2) is 0 Å². The zero-order valence-corrected chi connectivity index (χ0v) is 23.2. The van der Waals surface area contributed by atoms with E-state index >= 15 is 0 Å². The Morgan fingerprint density at radius 1 is 1.29 bits per heavy atom. The molecule has 0 bridgehead atoms. The molecule has 2 rings (SSSR count). The van der Waals surface area contributed by atoms with Gasteiger partial charge in [0.1, 0.15) is 0 Å². The van der Waals surface area contributed by atoms with Crippen molar-refractivity contribution in [3.05, 3.63) is 58.9 Å². The van der Waals surface area contributed by atoms with E-state index in [9.17, 15) is 13.2 Å². The standard InChI is InChI=1S/C26H40ClN3O4S/c1-21(2)29-16-17-30(25(20-29)19-23-10-8-11-24(27)13-12-23)26(31)14-15-28(4)35(32,33)18-7-6-9-22(3)34-5/h6-7,9-13,21,25H,8,14-20H2,1-5H3/b7-6-,22-9+. The van der Waals surface area contributed by atoms with Crippen LogP contribution in [0.4, 0.5) is 0 Å². The highest BCUT2D eigenvalue weighted by Gasteiger charge is 2.32. The minimum Gasteiger partial charge on any atom is -0.501 e. The molecule has 1 saturated heterocycles. The van der Waals surface area contributed by atoms with Gasteiger partial charge in [-0.3, -0.25) is 9.69 Å². The molecule has 1 fully saturated rings. The number of hydrogen-bond donors (Lipinski definition) is 0. The summed E-state index contributed by atoms with van der Waals surface area (Å²) in [6.07, 6.45) is 14.7. The normalized spacial score (nSPS) is 20.4. The molecule has 9 heteroatoms. The first-order valence-corrected chi connectivity index (χ1v) is 14.1. The van der Waals surface area contributed by atoms with Crippen molar-refractivity contribution >= 4 is 27.5 Å². The van der Waals surface area contributed by atoms with Crippen LogP contribution in [0.15, 0.2) is 58.9 Å². The fourth-order valence-corrected chi connectivity index (χ4v) is 5.16. The van der Waals surface area contributed by atoms with Gasteiger partial charge in [-0.2, -0.15) is 0 Å². The molecule has 1 heterocycles. The van der Waals surface area contributed by atoms with E-state index in [4.69, 9.17) is 16.3 Å². The molecule has 1 amide bonds. The van der Waals surface area contributed by atoms with Crippen molar-refractivity contribution in [3.8, 4) is 0 Å². The number of hydrogen-bond acceptors (Lipinski definition) is 5. The first kappa shape index (κ1) is 29.4. The summed E-state index contributed by atoms with van der Waals surface area (Å²) in [7, 11) is -0.408. The van der Waals surface area contributed by atoms with Crippen LogP contribution in [0, 0.1) is 0 Å². The van der Waals surface area contributed by atoms with Gasteiger partial charge in [0.2, 0.25) is 15.9 Å². The minimum absolute atomic E-state index is 0.0102. The van der Waals surface area contributed by atoms with Gasteiger partial charge in [-0.1, -0.05) is 42.0 Å². The number of nitrogens with zero attached hydrogens (tertiary/aromatic N) is 3. The third kappa shape index (κ3) is 9.60. The van der Waals surface area contributed by atoms with Gasteiger partial charge in [-0.05, 0) is 51.3 Å². The average molecular weight is 526 g/mol. The molecular weight excluding hydrogens is 486 g/mol. The molecule has 1 aliphatic carbocycles. The number of carbonyl (C=O) groups is 1. The van der Waals surface area contributed by atoms with E-state index in [-0.39, 0.29) is 30.7 Å². The number of rotatable bonds is 11. The molecule has 1 aliphatic heterocycles. The number of methoxy groups -OCH3 is 1. The molecule has 1 atom stereocenters. The van der Waals surface area contributed by atoms with E-state index in [2.05, 4.69) is 24.8 Å². The molecule has 196 valence electrons. The summed E-state index contributed by atoms with van der Waals surface area (Å²) in [6, 6.07) is 0.434. The van der Waals surface area contributed by atoms with E-state index < -0.39 is 10.0 Å². The van der Waals surface area contributed by atoms with Gasteiger partial charge >= 0.3 is 0 Å². The third-order valence-corrected chi connectivity index (χ3v) is 8.42. The summed E-state index contributed by atoms with van der Waals surface area (Å²) >= 11 is 6.14. The first-order chi connectivity index (χ1) is 16.5. The summed E-state index contributed by atoms with van der Waals surface area (Å²) in [5.74, 6) is 0.556. The second kappa shape index (κ2) is 14.0. The Labute approximate surface area is 216 Å². The van der Waals surface area contributed by atoms with E-state index in [1.165, 1.54) is 11.4 Å². The Bertz CT molecular complexity index is 983. The van der Waals surface area contributed by atoms with Crippen LogP contribution in [0.2, 0.25) is 0 Å². The zero-order chi connectivity index (χ0) is 26.0. The van der Waals surface area contributed by atoms with E-state index in [1.54, 1.807) is 32.3 Å². The van der Waals surface area contributed by atoms with Crippen LogP contribution in [0.3, 0.4) is 0 Å². The molecule has 0 N–H and O–H groups in total. The lowest BCUT2D eigenvalue weighted by Gasteiger charge is -2.43. The van der Waals surface area contributed by atoms with Gasteiger partial charge < -0.3 is 9.64 Å². The summed E-state index contributed by atoms with van der Waals surface area (Å²) in [5, 5.41) is 0.723. The number of amides is 1. The largest absolute Gasteiger partial charge is 0.501 e. The lowest BCUT2D eigenvalue weighted by molar-refractivity contribution is -0.136. The summed E-state index contributed by atoms with van der Waals surface area (Å²) in [6.45, 7) is 8.54. The van der Waals surface area contributed by atoms with Crippen molar-refractivity contribution in [3.63, 3.8) is 0 Å². The SMILES string of the molecule is CO/C(C)=C/C=C\CS(=O)(=O)N(C)CCC(=O)N1CCN(C(C)C)CC1CC1=CCC=C(Cl)C=C1. The molecule has 0 spiro atoms. The molecule has 7 nitrogen and oxygen atoms in total. The predicted molar refractivity (Wildman–Crippen MR) is 144 cm³/mol. The molecule has 35 heavy (non-hydrogen) atoms. The predicted octanol–water partition coefficient (Wildman–Crippen LogP) is 4.06. The number of carbonyl (C=O) groups excluding carboxylic acids is 1. The quantitative estimate of drug-likeness (QED) is 0.300. The molecule has 2 aliphatic rings. The van der Waals surface area contributed by atoms with Gasteiger partial charge in [0.25, 0.3) is 0 Å². The number of sulfonamides is 1. The number of halogens is 1. The lowest BCUT2D eigenvalue weighted by atomic mass is 10.00. The second-order valence-electron chi connectivity index (χ2n) is 9.23. The Morgan fingerprint density at radius 3 is 2.71 bits per heavy atom. The monoisotopic (exact) mass is 525 g/mol. The summed E-state index contributed by atoms with van der Waals surface area (Å²) in [4.78, 5) is 17.6. The molecule has 0 aromatic heterocycles. The topological polar surface area (TPSA) is 70.2 Å². The Hall–Kier alpha value is -1.87. The molecule has 0 saturated carbocycles. The third-order valence-electron chi connectivity index (χ3n) is 6.40. The van der Waals surface area contributed by atoms with Crippen molar-refractivity contribution in [1.82, 2.24) is 14.1 Å². The van der Waals surface area contributed by atoms with Gasteiger partial charge in [0, 0.05) is 56.8 Å². The summed E-state index contributed by atoms with van der Waals surface area (Å²) < 4.78 is 31.5. The van der Waals surface area contributed by atoms with Crippen molar-refractivity contribution < 1.29 is 17.9 Å². The molecule has 0 aromatic rings. The van der Waals surface area contributed by atoms with Crippen molar-refractivity contribution in [1.29, 1.82) is 0 Å². The van der Waals surface area contributed by atoms with Crippen LogP contribution in [0.1, 0.15) is 40.0 Å². The molecule has 0 radical (unpaired) electrons. The van der Waals surface area contributed by atoms with Crippen LogP contribution in [0.5, 0.6) is 0 Å². The smallest absolute Gasteiger partial charge is 0.224 e. The van der Waals surface area contributed by atoms with Crippen LogP contribution in [0.25, 0.3) is 0 Å². The maximum Gasteiger partial charge on any atom is 0.224 e. The summed E-state index contributed by atoms with van der Waals surface area (Å²) in [5.41, 5.74) is 1.16. The molecule has 0 aromatic carbocycles.